The third-order valence-corrected chi connectivity index (χ3v) is 3.11. The lowest BCUT2D eigenvalue weighted by Crippen LogP contribution is -2.18. The Hall–Kier alpha value is -3.09. The number of benzene rings is 1. The quantitative estimate of drug-likeness (QED) is 0.576. The highest BCUT2D eigenvalue weighted by atomic mass is 19.1. The van der Waals surface area contributed by atoms with E-state index in [0.29, 0.717) is 11.1 Å². The molecule has 3 aromatic rings. The Morgan fingerprint density at radius 2 is 2.00 bits per heavy atom. The summed E-state index contributed by atoms with van der Waals surface area (Å²) in [6.45, 7) is 0. The van der Waals surface area contributed by atoms with Crippen LogP contribution in [0.4, 0.5) is 4.39 Å². The van der Waals surface area contributed by atoms with E-state index in [0.717, 1.165) is 6.33 Å². The van der Waals surface area contributed by atoms with Crippen molar-refractivity contribution < 1.29 is 18.4 Å². The number of hydrogen-bond acceptors (Lipinski definition) is 5. The zero-order valence-electron chi connectivity index (χ0n) is 11.2. The molecule has 0 radical (unpaired) electrons. The molecule has 2 heterocycles. The molecule has 0 aliphatic heterocycles. The van der Waals surface area contributed by atoms with Crippen LogP contribution < -0.4 is 0 Å². The Labute approximate surface area is 124 Å². The molecule has 110 valence electrons. The highest BCUT2D eigenvalue weighted by Crippen LogP contribution is 2.27. The van der Waals surface area contributed by atoms with Crippen molar-refractivity contribution in [2.24, 2.45) is 0 Å². The van der Waals surface area contributed by atoms with Crippen LogP contribution in [0.15, 0.2) is 47.3 Å². The fourth-order valence-electron chi connectivity index (χ4n) is 2.07. The number of Topliss-reactive ketones (excluding diaryl/α,β-unsaturated/α-hetero) is 2. The van der Waals surface area contributed by atoms with E-state index in [1.807, 2.05) is 0 Å². The largest absolute Gasteiger partial charge is 0.468 e. The van der Waals surface area contributed by atoms with Crippen molar-refractivity contribution in [1.29, 1.82) is 0 Å². The van der Waals surface area contributed by atoms with Crippen molar-refractivity contribution in [3.05, 3.63) is 60.3 Å². The number of H-pyrrole nitrogens is 1. The van der Waals surface area contributed by atoms with Gasteiger partial charge < -0.3 is 4.42 Å². The molecule has 6 nitrogen and oxygen atoms in total. The van der Waals surface area contributed by atoms with Crippen LogP contribution in [-0.2, 0) is 11.2 Å². The van der Waals surface area contributed by atoms with E-state index in [9.17, 15) is 14.0 Å². The van der Waals surface area contributed by atoms with Crippen LogP contribution in [0, 0.1) is 5.82 Å². The number of carbonyl (C=O) groups is 2. The highest BCUT2D eigenvalue weighted by Gasteiger charge is 2.23. The summed E-state index contributed by atoms with van der Waals surface area (Å²) in [6.07, 6.45) is 2.21. The second-order valence-corrected chi connectivity index (χ2v) is 4.50. The molecule has 22 heavy (non-hydrogen) atoms. The first kappa shape index (κ1) is 13.9. The lowest BCUT2D eigenvalue weighted by atomic mass is 10.0. The minimum atomic E-state index is -0.798. The minimum Gasteiger partial charge on any atom is -0.468 e. The van der Waals surface area contributed by atoms with Gasteiger partial charge in [0.2, 0.25) is 5.78 Å². The number of aromatic nitrogens is 3. The minimum absolute atomic E-state index is 0.135. The number of hydrogen-bond donors (Lipinski definition) is 1. The van der Waals surface area contributed by atoms with E-state index in [1.165, 1.54) is 12.3 Å². The molecule has 2 aromatic heterocycles. The zero-order chi connectivity index (χ0) is 15.5. The van der Waals surface area contributed by atoms with Crippen LogP contribution >= 0.6 is 0 Å². The average Bonchev–Trinajstić information content (AvgIpc) is 3.18. The first-order chi connectivity index (χ1) is 10.7. The predicted molar refractivity (Wildman–Crippen MR) is 73.5 cm³/mol. The lowest BCUT2D eigenvalue weighted by molar-refractivity contribution is -0.114. The molecule has 0 atom stereocenters. The predicted octanol–water partition coefficient (Wildman–Crippen LogP) is 2.20. The molecule has 0 bridgehead atoms. The first-order valence-electron chi connectivity index (χ1n) is 6.41. The maximum atomic E-state index is 13.8. The third-order valence-electron chi connectivity index (χ3n) is 3.11. The van der Waals surface area contributed by atoms with Crippen LogP contribution in [0.3, 0.4) is 0 Å². The van der Waals surface area contributed by atoms with E-state index >= 15 is 0 Å². The third kappa shape index (κ3) is 2.56. The Kier molecular flexibility index (Phi) is 3.61. The van der Waals surface area contributed by atoms with Gasteiger partial charge in [-0.3, -0.25) is 14.7 Å². The van der Waals surface area contributed by atoms with Crippen LogP contribution in [0.1, 0.15) is 16.4 Å². The normalized spacial score (nSPS) is 10.6. The Bertz CT molecular complexity index is 824. The number of rotatable bonds is 5. The van der Waals surface area contributed by atoms with Gasteiger partial charge in [0.15, 0.2) is 5.82 Å². The highest BCUT2D eigenvalue weighted by molar-refractivity contribution is 6.43. The molecular weight excluding hydrogens is 289 g/mol. The van der Waals surface area contributed by atoms with E-state index in [1.54, 1.807) is 24.3 Å². The van der Waals surface area contributed by atoms with Crippen molar-refractivity contribution in [3.8, 4) is 11.1 Å². The summed E-state index contributed by atoms with van der Waals surface area (Å²) in [5.74, 6) is -1.86. The fraction of sp³-hybridized carbons (Fsp3) is 0.0667. The summed E-state index contributed by atoms with van der Waals surface area (Å²) in [5.41, 5.74) is 0.753. The van der Waals surface area contributed by atoms with E-state index in [2.05, 4.69) is 15.2 Å². The monoisotopic (exact) mass is 299 g/mol. The summed E-state index contributed by atoms with van der Waals surface area (Å²) in [5, 5.41) is 5.85. The Balaban J connectivity index is 1.86. The van der Waals surface area contributed by atoms with Gasteiger partial charge in [0.25, 0.3) is 5.78 Å². The number of carbonyl (C=O) groups excluding carboxylic acids is 2. The summed E-state index contributed by atoms with van der Waals surface area (Å²) < 4.78 is 19.1. The summed E-state index contributed by atoms with van der Waals surface area (Å²) >= 11 is 0. The van der Waals surface area contributed by atoms with Crippen molar-refractivity contribution in [3.63, 3.8) is 0 Å². The number of aromatic amines is 1. The molecular formula is C15H10FN3O3. The molecule has 0 saturated heterocycles. The van der Waals surface area contributed by atoms with Gasteiger partial charge in [-0.25, -0.2) is 9.37 Å². The van der Waals surface area contributed by atoms with Crippen LogP contribution in [-0.4, -0.2) is 26.7 Å². The smallest absolute Gasteiger partial charge is 0.265 e. The van der Waals surface area contributed by atoms with Crippen molar-refractivity contribution in [2.45, 2.75) is 6.42 Å². The zero-order valence-corrected chi connectivity index (χ0v) is 11.2. The number of ketones is 2. The van der Waals surface area contributed by atoms with Gasteiger partial charge in [0, 0.05) is 11.1 Å². The summed E-state index contributed by atoms with van der Waals surface area (Å²) in [4.78, 5) is 27.5. The van der Waals surface area contributed by atoms with Crippen LogP contribution in [0.25, 0.3) is 11.1 Å². The summed E-state index contributed by atoms with van der Waals surface area (Å²) in [7, 11) is 0. The Morgan fingerprint density at radius 3 is 2.73 bits per heavy atom. The number of nitrogens with one attached hydrogen (secondary N) is 1. The second-order valence-electron chi connectivity index (χ2n) is 4.50. The Morgan fingerprint density at radius 1 is 1.18 bits per heavy atom. The van der Waals surface area contributed by atoms with E-state index in [4.69, 9.17) is 4.42 Å². The SMILES string of the molecule is O=C(Cc1occc1-c1ccccc1F)C(=O)c1ncn[nH]1. The molecule has 0 unspecified atom stereocenters. The number of nitrogens with zero attached hydrogens (tertiary/aromatic N) is 2. The molecule has 0 aliphatic rings. The number of furan rings is 1. The first-order valence-corrected chi connectivity index (χ1v) is 6.41. The standard InChI is InChI=1S/C15H10FN3O3/c16-11-4-2-1-3-9(11)10-5-6-22-13(10)7-12(20)14(21)15-17-8-18-19-15/h1-6,8H,7H2,(H,17,18,19). The van der Waals surface area contributed by atoms with Gasteiger partial charge in [-0.1, -0.05) is 18.2 Å². The van der Waals surface area contributed by atoms with Crippen molar-refractivity contribution in [2.75, 3.05) is 0 Å². The molecule has 1 aromatic carbocycles. The summed E-state index contributed by atoms with van der Waals surface area (Å²) in [6, 6.07) is 7.69. The van der Waals surface area contributed by atoms with Crippen molar-refractivity contribution >= 4 is 11.6 Å². The van der Waals surface area contributed by atoms with E-state index in [-0.39, 0.29) is 18.0 Å². The molecule has 3 rings (SSSR count). The topological polar surface area (TPSA) is 88.8 Å². The maximum absolute atomic E-state index is 13.8. The number of halogens is 1. The molecule has 0 fully saturated rings. The van der Waals surface area contributed by atoms with Gasteiger partial charge in [-0.05, 0) is 12.1 Å². The second kappa shape index (κ2) is 5.72. The van der Waals surface area contributed by atoms with E-state index < -0.39 is 17.4 Å². The van der Waals surface area contributed by atoms with Crippen LogP contribution in [0.5, 0.6) is 0 Å². The van der Waals surface area contributed by atoms with Crippen LogP contribution in [0.2, 0.25) is 0 Å². The molecule has 0 aliphatic carbocycles. The lowest BCUT2D eigenvalue weighted by Gasteiger charge is -2.03. The van der Waals surface area contributed by atoms with Gasteiger partial charge in [0.1, 0.15) is 17.9 Å². The van der Waals surface area contributed by atoms with Gasteiger partial charge in [0.05, 0.1) is 12.7 Å². The van der Waals surface area contributed by atoms with Gasteiger partial charge in [-0.15, -0.1) is 0 Å². The molecule has 0 spiro atoms. The average molecular weight is 299 g/mol. The molecule has 0 saturated carbocycles. The van der Waals surface area contributed by atoms with Gasteiger partial charge >= 0.3 is 0 Å². The maximum Gasteiger partial charge on any atom is 0.265 e. The molecule has 0 amide bonds. The van der Waals surface area contributed by atoms with Gasteiger partial charge in [-0.2, -0.15) is 5.10 Å². The molecule has 7 heteroatoms. The molecule has 1 N–H and O–H groups in total. The fourth-order valence-corrected chi connectivity index (χ4v) is 2.07. The van der Waals surface area contributed by atoms with Crippen molar-refractivity contribution in [1.82, 2.24) is 15.2 Å².